The molecule has 2 N–H and O–H groups in total. The van der Waals surface area contributed by atoms with E-state index in [2.05, 4.69) is 15.7 Å². The van der Waals surface area contributed by atoms with Crippen molar-refractivity contribution in [3.05, 3.63) is 77.0 Å². The van der Waals surface area contributed by atoms with Crippen molar-refractivity contribution < 1.29 is 9.47 Å². The summed E-state index contributed by atoms with van der Waals surface area (Å²) in [4.78, 5) is 12.7. The normalized spacial score (nSPS) is 14.9. The van der Waals surface area contributed by atoms with Crippen LogP contribution in [0.4, 0.5) is 0 Å². The minimum absolute atomic E-state index is 0. The first-order valence-electron chi connectivity index (χ1n) is 11.2. The molecule has 0 radical (unpaired) electrons. The Balaban J connectivity index is 0.00000204. The van der Waals surface area contributed by atoms with Crippen molar-refractivity contribution in [2.45, 2.75) is 32.0 Å². The number of rotatable bonds is 12. The maximum Gasteiger partial charge on any atom is 0.350 e. The number of hydrogen-bond acceptors (Lipinski definition) is 6. The summed E-state index contributed by atoms with van der Waals surface area (Å²) in [7, 11) is 0. The van der Waals surface area contributed by atoms with E-state index in [1.54, 1.807) is 10.9 Å². The van der Waals surface area contributed by atoms with Gasteiger partial charge in [-0.05, 0) is 42.7 Å². The lowest BCUT2D eigenvalue weighted by atomic mass is 10.2. The number of benzene rings is 2. The van der Waals surface area contributed by atoms with E-state index in [-0.39, 0.29) is 30.5 Å². The number of nitrogens with one attached hydrogen (secondary N) is 2. The van der Waals surface area contributed by atoms with Crippen LogP contribution in [0.5, 0.6) is 5.75 Å². The topological polar surface area (TPSA) is 82.3 Å². The molecule has 8 nitrogen and oxygen atoms in total. The van der Waals surface area contributed by atoms with E-state index >= 15 is 0 Å². The highest BCUT2D eigenvalue weighted by Crippen LogP contribution is 2.12. The molecule has 2 heterocycles. The Hall–Kier alpha value is -2.36. The molecule has 186 valence electrons. The Kier molecular flexibility index (Phi) is 12.1. The third kappa shape index (κ3) is 8.14. The van der Waals surface area contributed by atoms with Gasteiger partial charge in [0.25, 0.3) is 0 Å². The quantitative estimate of drug-likeness (QED) is 0.365. The molecule has 3 aromatic rings. The second-order valence-corrected chi connectivity index (χ2v) is 7.85. The smallest absolute Gasteiger partial charge is 0.350 e. The van der Waals surface area contributed by atoms with Crippen LogP contribution in [0, 0.1) is 0 Å². The minimum atomic E-state index is -0.142. The third-order valence-corrected chi connectivity index (χ3v) is 5.46. The van der Waals surface area contributed by atoms with E-state index in [0.29, 0.717) is 32.3 Å². The van der Waals surface area contributed by atoms with Crippen LogP contribution in [-0.2, 0) is 17.8 Å². The number of para-hydroxylation sites is 1. The highest BCUT2D eigenvalue weighted by molar-refractivity contribution is 5.85. The summed E-state index contributed by atoms with van der Waals surface area (Å²) in [5, 5.41) is 11.0. The average Bonchev–Trinajstić information content (AvgIpc) is 3.47. The fourth-order valence-corrected chi connectivity index (χ4v) is 3.69. The van der Waals surface area contributed by atoms with Crippen LogP contribution in [-0.4, -0.2) is 53.3 Å². The van der Waals surface area contributed by atoms with Gasteiger partial charge < -0.3 is 20.1 Å². The Morgan fingerprint density at radius 2 is 1.82 bits per heavy atom. The van der Waals surface area contributed by atoms with Crippen molar-refractivity contribution in [3.8, 4) is 11.4 Å². The summed E-state index contributed by atoms with van der Waals surface area (Å²) < 4.78 is 14.3. The van der Waals surface area contributed by atoms with Crippen molar-refractivity contribution in [3.63, 3.8) is 0 Å². The van der Waals surface area contributed by atoms with Gasteiger partial charge in [0, 0.05) is 32.8 Å². The molecular weight excluding hydrogens is 477 g/mol. The maximum absolute atomic E-state index is 12.7. The lowest BCUT2D eigenvalue weighted by Gasteiger charge is -2.11. The van der Waals surface area contributed by atoms with Crippen LogP contribution in [0.1, 0.15) is 18.4 Å². The van der Waals surface area contributed by atoms with Gasteiger partial charge in [-0.2, -0.15) is 5.10 Å². The van der Waals surface area contributed by atoms with E-state index < -0.39 is 0 Å². The van der Waals surface area contributed by atoms with Crippen LogP contribution in [0.15, 0.2) is 65.7 Å². The summed E-state index contributed by atoms with van der Waals surface area (Å²) in [6.07, 6.45) is 4.20. The van der Waals surface area contributed by atoms with Crippen molar-refractivity contribution in [2.75, 3.05) is 32.8 Å². The highest BCUT2D eigenvalue weighted by Gasteiger charge is 2.14. The molecule has 1 saturated heterocycles. The standard InChI is InChI=1S/C24H31N5O3.2ClH/c30-24-28(21-10-8-20(9-11-21)17-26-18-23-7-4-15-31-23)19-27-29(24)14-12-25-13-16-32-22-5-2-1-3-6-22;;/h1-3,5-6,8-11,19,23,25-26H,4,7,12-18H2;2*1H. The molecule has 0 saturated carbocycles. The second-order valence-electron chi connectivity index (χ2n) is 7.85. The Bertz CT molecular complexity index is 1010. The predicted octanol–water partition coefficient (Wildman–Crippen LogP) is 2.81. The minimum Gasteiger partial charge on any atom is -0.492 e. The first-order chi connectivity index (χ1) is 15.8. The molecule has 1 unspecified atom stereocenters. The van der Waals surface area contributed by atoms with Crippen molar-refractivity contribution >= 4 is 24.8 Å². The van der Waals surface area contributed by atoms with Gasteiger partial charge in [-0.25, -0.2) is 14.0 Å². The Labute approximate surface area is 212 Å². The molecule has 4 rings (SSSR count). The summed E-state index contributed by atoms with van der Waals surface area (Å²) in [5.41, 5.74) is 1.85. The van der Waals surface area contributed by atoms with E-state index in [1.807, 2.05) is 54.6 Å². The molecule has 1 aliphatic heterocycles. The van der Waals surface area contributed by atoms with Gasteiger partial charge in [0.1, 0.15) is 18.7 Å². The van der Waals surface area contributed by atoms with Crippen LogP contribution in [0.3, 0.4) is 0 Å². The van der Waals surface area contributed by atoms with E-state index in [1.165, 1.54) is 10.2 Å². The lowest BCUT2D eigenvalue weighted by Crippen LogP contribution is -2.30. The van der Waals surface area contributed by atoms with Crippen LogP contribution in [0.2, 0.25) is 0 Å². The molecule has 1 aromatic heterocycles. The van der Waals surface area contributed by atoms with E-state index in [4.69, 9.17) is 9.47 Å². The largest absolute Gasteiger partial charge is 0.492 e. The second kappa shape index (κ2) is 14.8. The zero-order chi connectivity index (χ0) is 22.0. The van der Waals surface area contributed by atoms with Crippen molar-refractivity contribution in [1.29, 1.82) is 0 Å². The molecule has 0 amide bonds. The van der Waals surface area contributed by atoms with Gasteiger partial charge in [-0.1, -0.05) is 30.3 Å². The Morgan fingerprint density at radius 1 is 1.03 bits per heavy atom. The molecule has 1 atom stereocenters. The summed E-state index contributed by atoms with van der Waals surface area (Å²) >= 11 is 0. The molecule has 0 bridgehead atoms. The van der Waals surface area contributed by atoms with E-state index in [0.717, 1.165) is 44.0 Å². The van der Waals surface area contributed by atoms with Gasteiger partial charge in [-0.3, -0.25) is 0 Å². The van der Waals surface area contributed by atoms with Crippen LogP contribution >= 0.6 is 24.8 Å². The molecule has 0 spiro atoms. The van der Waals surface area contributed by atoms with Gasteiger partial charge in [-0.15, -0.1) is 24.8 Å². The van der Waals surface area contributed by atoms with Crippen LogP contribution in [0.25, 0.3) is 5.69 Å². The first kappa shape index (κ1) is 27.9. The number of hydrogen-bond donors (Lipinski definition) is 2. The predicted molar refractivity (Wildman–Crippen MR) is 138 cm³/mol. The number of ether oxygens (including phenoxy) is 2. The summed E-state index contributed by atoms with van der Waals surface area (Å²) in [5.74, 6) is 0.855. The number of nitrogens with zero attached hydrogens (tertiary/aromatic N) is 3. The molecule has 0 aliphatic carbocycles. The van der Waals surface area contributed by atoms with Crippen LogP contribution < -0.4 is 21.1 Å². The summed E-state index contributed by atoms with van der Waals surface area (Å²) in [6, 6.07) is 17.7. The third-order valence-electron chi connectivity index (χ3n) is 5.46. The fraction of sp³-hybridized carbons (Fsp3) is 0.417. The molecule has 2 aromatic carbocycles. The molecule has 1 fully saturated rings. The molecular formula is C24H33Cl2N5O3. The average molecular weight is 510 g/mol. The van der Waals surface area contributed by atoms with E-state index in [9.17, 15) is 4.79 Å². The van der Waals surface area contributed by atoms with Gasteiger partial charge in [0.15, 0.2) is 0 Å². The Morgan fingerprint density at radius 3 is 2.56 bits per heavy atom. The maximum atomic E-state index is 12.7. The molecule has 34 heavy (non-hydrogen) atoms. The highest BCUT2D eigenvalue weighted by atomic mass is 35.5. The van der Waals surface area contributed by atoms with Crippen molar-refractivity contribution in [2.24, 2.45) is 0 Å². The lowest BCUT2D eigenvalue weighted by molar-refractivity contribution is 0.110. The molecule has 10 heteroatoms. The fourth-order valence-electron chi connectivity index (χ4n) is 3.69. The first-order valence-corrected chi connectivity index (χ1v) is 11.2. The zero-order valence-electron chi connectivity index (χ0n) is 19.1. The van der Waals surface area contributed by atoms with Gasteiger partial charge in [0.05, 0.1) is 18.3 Å². The molecule has 1 aliphatic rings. The number of aromatic nitrogens is 3. The summed E-state index contributed by atoms with van der Waals surface area (Å²) in [6.45, 7) is 4.96. The van der Waals surface area contributed by atoms with Crippen molar-refractivity contribution in [1.82, 2.24) is 25.0 Å². The zero-order valence-corrected chi connectivity index (χ0v) is 20.7. The van der Waals surface area contributed by atoms with Gasteiger partial charge in [0.2, 0.25) is 0 Å². The number of halogens is 2. The monoisotopic (exact) mass is 509 g/mol. The van der Waals surface area contributed by atoms with Gasteiger partial charge >= 0.3 is 5.69 Å². The SMILES string of the molecule is Cl.Cl.O=c1n(-c2ccc(CNCC3CCCO3)cc2)cnn1CCNCCOc1ccccc1.